The molecule has 1 fully saturated rings. The van der Waals surface area contributed by atoms with Crippen molar-refractivity contribution in [2.75, 3.05) is 13.6 Å². The van der Waals surface area contributed by atoms with Gasteiger partial charge >= 0.3 is 0 Å². The normalized spacial score (nSPS) is 18.7. The van der Waals surface area contributed by atoms with Gasteiger partial charge in [0.05, 0.1) is 24.9 Å². The molecule has 1 atom stereocenters. The van der Waals surface area contributed by atoms with Gasteiger partial charge in [-0.2, -0.15) is 5.26 Å². The lowest BCUT2D eigenvalue weighted by atomic mass is 10.00. The fourth-order valence-corrected chi connectivity index (χ4v) is 2.66. The van der Waals surface area contributed by atoms with Crippen LogP contribution in [0.15, 0.2) is 22.8 Å². The van der Waals surface area contributed by atoms with Crippen LogP contribution in [0.25, 0.3) is 0 Å². The van der Waals surface area contributed by atoms with E-state index in [-0.39, 0.29) is 18.5 Å². The van der Waals surface area contributed by atoms with Gasteiger partial charge in [0.1, 0.15) is 11.3 Å². The molecule has 1 aliphatic carbocycles. The Labute approximate surface area is 119 Å². The highest BCUT2D eigenvalue weighted by molar-refractivity contribution is 5.79. The van der Waals surface area contributed by atoms with Crippen LogP contribution >= 0.6 is 0 Å². The van der Waals surface area contributed by atoms with Crippen molar-refractivity contribution in [3.63, 3.8) is 0 Å². The van der Waals surface area contributed by atoms with Gasteiger partial charge in [-0.05, 0) is 51.8 Å². The van der Waals surface area contributed by atoms with Gasteiger partial charge in [-0.15, -0.1) is 0 Å². The van der Waals surface area contributed by atoms with Gasteiger partial charge in [-0.1, -0.05) is 0 Å². The van der Waals surface area contributed by atoms with Crippen molar-refractivity contribution in [1.29, 1.82) is 5.26 Å². The summed E-state index contributed by atoms with van der Waals surface area (Å²) < 4.78 is 5.35. The van der Waals surface area contributed by atoms with Crippen LogP contribution in [0.5, 0.6) is 0 Å². The van der Waals surface area contributed by atoms with Crippen LogP contribution in [-0.4, -0.2) is 29.9 Å². The number of nitriles is 1. The average molecular weight is 275 g/mol. The van der Waals surface area contributed by atoms with Gasteiger partial charge in [-0.25, -0.2) is 0 Å². The second-order valence-corrected chi connectivity index (χ2v) is 5.56. The van der Waals surface area contributed by atoms with E-state index in [9.17, 15) is 10.1 Å². The predicted octanol–water partition coefficient (Wildman–Crippen LogP) is 2.22. The minimum atomic E-state index is -0.647. The molecule has 0 radical (unpaired) electrons. The highest BCUT2D eigenvalue weighted by atomic mass is 16.3. The number of furan rings is 1. The molecule has 1 amide bonds. The smallest absolute Gasteiger partial charge is 0.235 e. The largest absolute Gasteiger partial charge is 0.468 e. The zero-order chi connectivity index (χ0) is 14.6. The summed E-state index contributed by atoms with van der Waals surface area (Å²) in [5.74, 6) is 0.727. The van der Waals surface area contributed by atoms with Crippen molar-refractivity contribution in [3.05, 3.63) is 24.2 Å². The summed E-state index contributed by atoms with van der Waals surface area (Å²) in [6.07, 6.45) is 5.15. The Morgan fingerprint density at radius 1 is 1.60 bits per heavy atom. The van der Waals surface area contributed by atoms with Gasteiger partial charge in [0.15, 0.2) is 0 Å². The maximum absolute atomic E-state index is 12.1. The molecule has 1 heterocycles. The van der Waals surface area contributed by atoms with E-state index in [0.717, 1.165) is 31.4 Å². The zero-order valence-electron chi connectivity index (χ0n) is 12.1. The van der Waals surface area contributed by atoms with E-state index in [1.54, 1.807) is 6.26 Å². The number of nitrogens with zero attached hydrogens (tertiary/aromatic N) is 2. The maximum atomic E-state index is 12.1. The number of hydrogen-bond acceptors (Lipinski definition) is 4. The molecule has 0 saturated heterocycles. The summed E-state index contributed by atoms with van der Waals surface area (Å²) in [7, 11) is 1.88. The molecule has 1 saturated carbocycles. The molecule has 1 N–H and O–H groups in total. The molecule has 0 aliphatic heterocycles. The van der Waals surface area contributed by atoms with Crippen LogP contribution in [0.3, 0.4) is 0 Å². The molecule has 1 aromatic heterocycles. The SMILES string of the molecule is CC(c1ccco1)N(C)CC(=O)NC1(C#N)CCCC1. The van der Waals surface area contributed by atoms with Crippen molar-refractivity contribution in [2.24, 2.45) is 0 Å². The minimum Gasteiger partial charge on any atom is -0.468 e. The third kappa shape index (κ3) is 3.20. The third-order valence-corrected chi connectivity index (χ3v) is 4.06. The topological polar surface area (TPSA) is 69.3 Å². The Morgan fingerprint density at radius 3 is 2.85 bits per heavy atom. The van der Waals surface area contributed by atoms with E-state index in [1.165, 1.54) is 0 Å². The van der Waals surface area contributed by atoms with Crippen LogP contribution in [0.1, 0.15) is 44.4 Å². The summed E-state index contributed by atoms with van der Waals surface area (Å²) in [6, 6.07) is 6.03. The van der Waals surface area contributed by atoms with Crippen LogP contribution in [0.4, 0.5) is 0 Å². The number of amides is 1. The first-order valence-electron chi connectivity index (χ1n) is 7.02. The van der Waals surface area contributed by atoms with Gasteiger partial charge in [0.25, 0.3) is 0 Å². The van der Waals surface area contributed by atoms with Gasteiger partial charge < -0.3 is 9.73 Å². The Kier molecular flexibility index (Phi) is 4.46. The lowest BCUT2D eigenvalue weighted by Crippen LogP contribution is -2.48. The second kappa shape index (κ2) is 6.10. The van der Waals surface area contributed by atoms with Gasteiger partial charge in [0, 0.05) is 0 Å². The van der Waals surface area contributed by atoms with Crippen LogP contribution < -0.4 is 5.32 Å². The molecule has 108 valence electrons. The number of likely N-dealkylation sites (N-methyl/N-ethyl adjacent to an activating group) is 1. The predicted molar refractivity (Wildman–Crippen MR) is 74.7 cm³/mol. The first-order chi connectivity index (χ1) is 9.56. The summed E-state index contributed by atoms with van der Waals surface area (Å²) >= 11 is 0. The van der Waals surface area contributed by atoms with E-state index in [4.69, 9.17) is 4.42 Å². The Bertz CT molecular complexity index is 484. The van der Waals surface area contributed by atoms with Gasteiger partial charge in [-0.3, -0.25) is 9.69 Å². The fourth-order valence-electron chi connectivity index (χ4n) is 2.66. The highest BCUT2D eigenvalue weighted by Crippen LogP contribution is 2.29. The molecule has 1 unspecified atom stereocenters. The van der Waals surface area contributed by atoms with Crippen molar-refractivity contribution >= 4 is 5.91 Å². The standard InChI is InChI=1S/C15H21N3O2/c1-12(13-6-5-9-20-13)18(2)10-14(19)17-15(11-16)7-3-4-8-15/h5-6,9,12H,3-4,7-8,10H2,1-2H3,(H,17,19). The van der Waals surface area contributed by atoms with Crippen molar-refractivity contribution < 1.29 is 9.21 Å². The molecule has 20 heavy (non-hydrogen) atoms. The molecule has 5 heteroatoms. The highest BCUT2D eigenvalue weighted by Gasteiger charge is 2.35. The molecule has 0 aromatic carbocycles. The lowest BCUT2D eigenvalue weighted by Gasteiger charge is -2.26. The number of nitrogens with one attached hydrogen (secondary N) is 1. The van der Waals surface area contributed by atoms with E-state index in [0.29, 0.717) is 0 Å². The molecule has 0 bridgehead atoms. The van der Waals surface area contributed by atoms with Crippen LogP contribution in [0, 0.1) is 11.3 Å². The molecule has 1 aromatic rings. The van der Waals surface area contributed by atoms with E-state index in [1.807, 2.05) is 31.0 Å². The van der Waals surface area contributed by atoms with Crippen LogP contribution in [0.2, 0.25) is 0 Å². The zero-order valence-corrected chi connectivity index (χ0v) is 12.1. The molecule has 0 spiro atoms. The Morgan fingerprint density at radius 2 is 2.30 bits per heavy atom. The van der Waals surface area contributed by atoms with E-state index < -0.39 is 5.54 Å². The fraction of sp³-hybridized carbons (Fsp3) is 0.600. The lowest BCUT2D eigenvalue weighted by molar-refractivity contribution is -0.123. The summed E-state index contributed by atoms with van der Waals surface area (Å²) in [4.78, 5) is 14.0. The third-order valence-electron chi connectivity index (χ3n) is 4.06. The number of hydrogen-bond donors (Lipinski definition) is 1. The Balaban J connectivity index is 1.89. The maximum Gasteiger partial charge on any atom is 0.235 e. The monoisotopic (exact) mass is 275 g/mol. The molecule has 1 aliphatic rings. The van der Waals surface area contributed by atoms with E-state index in [2.05, 4.69) is 11.4 Å². The molecule has 5 nitrogen and oxygen atoms in total. The average Bonchev–Trinajstić information content (AvgIpc) is 3.09. The number of carbonyl (C=O) groups excluding carboxylic acids is 1. The molecular formula is C15H21N3O2. The van der Waals surface area contributed by atoms with Crippen molar-refractivity contribution in [2.45, 2.75) is 44.2 Å². The number of carbonyl (C=O) groups is 1. The van der Waals surface area contributed by atoms with Crippen molar-refractivity contribution in [3.8, 4) is 6.07 Å². The minimum absolute atomic E-state index is 0.0253. The van der Waals surface area contributed by atoms with E-state index >= 15 is 0 Å². The van der Waals surface area contributed by atoms with Crippen molar-refractivity contribution in [1.82, 2.24) is 10.2 Å². The first-order valence-corrected chi connectivity index (χ1v) is 7.02. The summed E-state index contributed by atoms with van der Waals surface area (Å²) in [5, 5.41) is 12.2. The molecular weight excluding hydrogens is 254 g/mol. The Hall–Kier alpha value is -1.80. The number of rotatable bonds is 5. The first kappa shape index (κ1) is 14.6. The summed E-state index contributed by atoms with van der Waals surface area (Å²) in [5.41, 5.74) is -0.647. The summed E-state index contributed by atoms with van der Waals surface area (Å²) in [6.45, 7) is 2.24. The second-order valence-electron chi connectivity index (χ2n) is 5.56. The van der Waals surface area contributed by atoms with Crippen LogP contribution in [-0.2, 0) is 4.79 Å². The quantitative estimate of drug-likeness (QED) is 0.894. The van der Waals surface area contributed by atoms with Gasteiger partial charge in [0.2, 0.25) is 5.91 Å². The molecule has 2 rings (SSSR count).